The van der Waals surface area contributed by atoms with Crippen LogP contribution in [-0.4, -0.2) is 40.7 Å². The van der Waals surface area contributed by atoms with Gasteiger partial charge in [0, 0.05) is 32.0 Å². The van der Waals surface area contributed by atoms with Crippen molar-refractivity contribution in [2.45, 2.75) is 50.5 Å². The molecule has 2 rings (SSSR count). The van der Waals surface area contributed by atoms with Crippen molar-refractivity contribution in [2.75, 3.05) is 5.75 Å². The molecular formula is C14H24N2O4SSi. The van der Waals surface area contributed by atoms with E-state index in [1.54, 1.807) is 0 Å². The van der Waals surface area contributed by atoms with Gasteiger partial charge in [-0.05, 0) is 6.42 Å². The smallest absolute Gasteiger partial charge is 0.330 e. The number of nitrogens with one attached hydrogen (secondary N) is 1. The quantitative estimate of drug-likeness (QED) is 0.551. The molecule has 0 saturated carbocycles. The van der Waals surface area contributed by atoms with Gasteiger partial charge < -0.3 is 9.84 Å². The average molecular weight is 345 g/mol. The summed E-state index contributed by atoms with van der Waals surface area (Å²) in [5, 5.41) is 10.5. The summed E-state index contributed by atoms with van der Waals surface area (Å²) in [6.07, 6.45) is 0.600. The Morgan fingerprint density at radius 2 is 2.09 bits per heavy atom. The largest absolute Gasteiger partial charge is 0.390 e. The molecule has 0 unspecified atom stereocenters. The molecule has 2 N–H and O–H groups in total. The fourth-order valence-corrected chi connectivity index (χ4v) is 4.27. The van der Waals surface area contributed by atoms with Crippen molar-refractivity contribution in [1.82, 2.24) is 9.55 Å². The SMILES string of the molecule is C[Si](C)(C)CC[C@@H]1[C@H](O)[C@@H](CS)O[C@H]1n1ccc(=O)[nH]c1=O. The molecule has 0 spiro atoms. The van der Waals surface area contributed by atoms with Crippen LogP contribution in [0.2, 0.25) is 25.7 Å². The first-order valence-corrected chi connectivity index (χ1v) is 11.8. The van der Waals surface area contributed by atoms with Gasteiger partial charge in [0.25, 0.3) is 5.56 Å². The van der Waals surface area contributed by atoms with E-state index < -0.39 is 37.8 Å². The number of aliphatic hydroxyl groups excluding tert-OH is 1. The van der Waals surface area contributed by atoms with Crippen LogP contribution in [0.4, 0.5) is 0 Å². The highest BCUT2D eigenvalue weighted by Crippen LogP contribution is 2.38. The zero-order chi connectivity index (χ0) is 16.5. The second kappa shape index (κ2) is 6.73. The summed E-state index contributed by atoms with van der Waals surface area (Å²) in [5.74, 6) is 0.214. The fraction of sp³-hybridized carbons (Fsp3) is 0.714. The first-order chi connectivity index (χ1) is 10.2. The van der Waals surface area contributed by atoms with Crippen LogP contribution in [0.15, 0.2) is 21.9 Å². The standard InChI is InChI=1S/C14H24N2O4SSi/c1-22(2,3)7-5-9-12(18)10(8-21)20-13(9)16-6-4-11(17)15-14(16)19/h4,6,9-10,12-13,18,21H,5,7-8H2,1-3H3,(H,15,17,19)/t9-,10-,12+,13-/m1/s1. The number of thiol groups is 1. The summed E-state index contributed by atoms with van der Waals surface area (Å²) in [4.78, 5) is 25.5. The molecule has 0 aliphatic carbocycles. The van der Waals surface area contributed by atoms with Gasteiger partial charge in [-0.2, -0.15) is 12.6 Å². The van der Waals surface area contributed by atoms with Gasteiger partial charge >= 0.3 is 5.69 Å². The summed E-state index contributed by atoms with van der Waals surface area (Å²) < 4.78 is 7.20. The van der Waals surface area contributed by atoms with Crippen LogP contribution in [0.1, 0.15) is 12.6 Å². The Hall–Kier alpha value is -0.833. The molecule has 1 aliphatic heterocycles. The number of ether oxygens (including phenoxy) is 1. The van der Waals surface area contributed by atoms with Gasteiger partial charge in [0.15, 0.2) is 0 Å². The highest BCUT2D eigenvalue weighted by molar-refractivity contribution is 7.80. The van der Waals surface area contributed by atoms with E-state index in [0.29, 0.717) is 5.75 Å². The second-order valence-electron chi connectivity index (χ2n) is 7.02. The number of nitrogens with zero attached hydrogens (tertiary/aromatic N) is 1. The van der Waals surface area contributed by atoms with E-state index >= 15 is 0 Å². The molecule has 1 saturated heterocycles. The number of hydrogen-bond acceptors (Lipinski definition) is 5. The molecule has 1 aliphatic rings. The van der Waals surface area contributed by atoms with Crippen LogP contribution >= 0.6 is 12.6 Å². The maximum Gasteiger partial charge on any atom is 0.330 e. The molecule has 0 radical (unpaired) electrons. The van der Waals surface area contributed by atoms with Crippen molar-refractivity contribution in [3.63, 3.8) is 0 Å². The summed E-state index contributed by atoms with van der Waals surface area (Å²) in [5.41, 5.74) is -0.952. The van der Waals surface area contributed by atoms with Crippen molar-refractivity contribution >= 4 is 20.7 Å². The third-order valence-corrected chi connectivity index (χ3v) is 6.18. The van der Waals surface area contributed by atoms with E-state index in [2.05, 4.69) is 37.3 Å². The normalized spacial score (nSPS) is 29.0. The van der Waals surface area contributed by atoms with Crippen LogP contribution < -0.4 is 11.2 Å². The summed E-state index contributed by atoms with van der Waals surface area (Å²) in [6.45, 7) is 6.81. The molecule has 1 aromatic rings. The van der Waals surface area contributed by atoms with Gasteiger partial charge in [0.05, 0.1) is 12.2 Å². The number of aromatic amines is 1. The molecule has 124 valence electrons. The topological polar surface area (TPSA) is 84.3 Å². The number of aliphatic hydroxyl groups is 1. The van der Waals surface area contributed by atoms with E-state index in [-0.39, 0.29) is 5.92 Å². The molecular weight excluding hydrogens is 320 g/mol. The van der Waals surface area contributed by atoms with Crippen molar-refractivity contribution in [3.05, 3.63) is 33.1 Å². The van der Waals surface area contributed by atoms with Gasteiger partial charge in [0.2, 0.25) is 0 Å². The van der Waals surface area contributed by atoms with Gasteiger partial charge in [-0.25, -0.2) is 4.79 Å². The molecule has 2 heterocycles. The molecule has 22 heavy (non-hydrogen) atoms. The molecule has 0 amide bonds. The van der Waals surface area contributed by atoms with Crippen LogP contribution in [-0.2, 0) is 4.74 Å². The fourth-order valence-electron chi connectivity index (χ4n) is 2.77. The number of hydrogen-bond donors (Lipinski definition) is 3. The minimum Gasteiger partial charge on any atom is -0.390 e. The third kappa shape index (κ3) is 3.92. The van der Waals surface area contributed by atoms with Crippen LogP contribution in [0, 0.1) is 5.92 Å². The molecule has 8 heteroatoms. The third-order valence-electron chi connectivity index (χ3n) is 4.03. The lowest BCUT2D eigenvalue weighted by molar-refractivity contribution is -0.0132. The zero-order valence-electron chi connectivity index (χ0n) is 13.2. The highest BCUT2D eigenvalue weighted by Gasteiger charge is 2.44. The Kier molecular flexibility index (Phi) is 5.36. The predicted molar refractivity (Wildman–Crippen MR) is 91.4 cm³/mol. The van der Waals surface area contributed by atoms with Crippen LogP contribution in [0.5, 0.6) is 0 Å². The molecule has 1 aromatic heterocycles. The van der Waals surface area contributed by atoms with Gasteiger partial charge in [-0.3, -0.25) is 14.3 Å². The van der Waals surface area contributed by atoms with Gasteiger partial charge in [0.1, 0.15) is 6.23 Å². The summed E-state index contributed by atoms with van der Waals surface area (Å²) in [7, 11) is -1.27. The lowest BCUT2D eigenvalue weighted by Gasteiger charge is -2.25. The Labute approximate surface area is 135 Å². The minimum absolute atomic E-state index is 0.174. The number of aromatic nitrogens is 2. The predicted octanol–water partition coefficient (Wildman–Crippen LogP) is 1.07. The van der Waals surface area contributed by atoms with Crippen molar-refractivity contribution in [2.24, 2.45) is 5.92 Å². The van der Waals surface area contributed by atoms with E-state index in [1.165, 1.54) is 16.8 Å². The molecule has 0 bridgehead atoms. The maximum absolute atomic E-state index is 12.0. The van der Waals surface area contributed by atoms with Gasteiger partial charge in [-0.1, -0.05) is 25.7 Å². The molecule has 6 nitrogen and oxygen atoms in total. The van der Waals surface area contributed by atoms with Crippen molar-refractivity contribution < 1.29 is 9.84 Å². The van der Waals surface area contributed by atoms with E-state index in [4.69, 9.17) is 4.74 Å². The number of H-pyrrole nitrogens is 1. The van der Waals surface area contributed by atoms with E-state index in [1.807, 2.05) is 0 Å². The average Bonchev–Trinajstić information content (AvgIpc) is 2.72. The monoisotopic (exact) mass is 344 g/mol. The molecule has 0 aromatic carbocycles. The van der Waals surface area contributed by atoms with Crippen LogP contribution in [0.25, 0.3) is 0 Å². The Balaban J connectivity index is 2.29. The first-order valence-electron chi connectivity index (χ1n) is 7.49. The molecule has 4 atom stereocenters. The highest BCUT2D eigenvalue weighted by atomic mass is 32.1. The summed E-state index contributed by atoms with van der Waals surface area (Å²) >= 11 is 4.21. The lowest BCUT2D eigenvalue weighted by Crippen LogP contribution is -2.35. The van der Waals surface area contributed by atoms with Crippen molar-refractivity contribution in [3.8, 4) is 0 Å². The number of rotatable bonds is 5. The maximum atomic E-state index is 12.0. The Morgan fingerprint density at radius 3 is 2.64 bits per heavy atom. The minimum atomic E-state index is -1.27. The van der Waals surface area contributed by atoms with Crippen LogP contribution in [0.3, 0.4) is 0 Å². The van der Waals surface area contributed by atoms with E-state index in [0.717, 1.165) is 12.5 Å². The second-order valence-corrected chi connectivity index (χ2v) is 13.0. The molecule has 1 fully saturated rings. The zero-order valence-corrected chi connectivity index (χ0v) is 15.0. The Morgan fingerprint density at radius 1 is 1.41 bits per heavy atom. The first kappa shape index (κ1) is 17.5. The van der Waals surface area contributed by atoms with Crippen molar-refractivity contribution in [1.29, 1.82) is 0 Å². The summed E-state index contributed by atoms with van der Waals surface area (Å²) in [6, 6.07) is 2.33. The lowest BCUT2D eigenvalue weighted by atomic mass is 9.97. The van der Waals surface area contributed by atoms with Gasteiger partial charge in [-0.15, -0.1) is 0 Å². The Bertz CT molecular complexity index is 624. The van der Waals surface area contributed by atoms with E-state index in [9.17, 15) is 14.7 Å².